The van der Waals surface area contributed by atoms with Crippen LogP contribution in [0.4, 0.5) is 123 Å². The van der Waals surface area contributed by atoms with Crippen molar-refractivity contribution < 1.29 is 123 Å². The van der Waals surface area contributed by atoms with Gasteiger partial charge in [0.1, 0.15) is 13.1 Å². The minimum Gasteiger partial charge on any atom is -0.255 e. The second-order valence-corrected chi connectivity index (χ2v) is 7.86. The SMILES string of the molecule is CC(F)(CF)C(F)(F)F.CC(F)(F)C(F)(F)CF.CC(F)(F)CC(F)(F)F.CC(F)(F)CF.CCC(F)(F)F.CCF.CF.CF.CF.CF.CF.CF. The van der Waals surface area contributed by atoms with Crippen LogP contribution in [0.25, 0.3) is 0 Å². The highest BCUT2D eigenvalue weighted by Crippen LogP contribution is 2.34. The molecule has 0 nitrogen and oxygen atoms in total. The molecule has 0 saturated heterocycles. The molecule has 0 heterocycles. The van der Waals surface area contributed by atoms with E-state index in [1.54, 1.807) is 0 Å². The molecular formula is C26H48F28. The van der Waals surface area contributed by atoms with Gasteiger partial charge in [-0.15, -0.1) is 0 Å². The Bertz CT molecular complexity index is 558. The molecular weight excluding hydrogens is 844 g/mol. The van der Waals surface area contributed by atoms with Crippen molar-refractivity contribution in [2.24, 2.45) is 0 Å². The molecule has 0 spiro atoms. The maximum absolute atomic E-state index is 11.8. The first-order chi connectivity index (χ1) is 23.9. The van der Waals surface area contributed by atoms with Gasteiger partial charge in [0.2, 0.25) is 5.67 Å². The molecule has 0 aromatic carbocycles. The summed E-state index contributed by atoms with van der Waals surface area (Å²) < 4.78 is 303. The molecule has 28 heteroatoms. The van der Waals surface area contributed by atoms with Crippen LogP contribution in [0.2, 0.25) is 0 Å². The van der Waals surface area contributed by atoms with E-state index in [0.29, 0.717) is 50.0 Å². The molecule has 1 unspecified atom stereocenters. The molecule has 0 N–H and O–H groups in total. The Hall–Kier alpha value is -1.96. The molecule has 54 heavy (non-hydrogen) atoms. The van der Waals surface area contributed by atoms with Crippen LogP contribution < -0.4 is 0 Å². The van der Waals surface area contributed by atoms with Crippen molar-refractivity contribution in [2.75, 3.05) is 69.8 Å². The Kier molecular flexibility index (Phi) is 73.9. The predicted molar refractivity (Wildman–Crippen MR) is 151 cm³/mol. The van der Waals surface area contributed by atoms with Crippen LogP contribution in [0.15, 0.2) is 0 Å². The first-order valence-corrected chi connectivity index (χ1v) is 12.8. The normalized spacial score (nSPS) is 11.6. The topological polar surface area (TPSA) is 0 Å². The fraction of sp³-hybridized carbons (Fsp3) is 1.00. The van der Waals surface area contributed by atoms with Gasteiger partial charge in [-0.25, -0.2) is 43.9 Å². The standard InChI is InChI=1S/3C4H5F5.2C3H5F3.C2H5F.6CH3F/c1-3(6,7)4(8,9)2-5;1-3(6,2-5)4(7,8)9;1-3(5,6)2-4(7,8)9;1-3(5,6)2-4;1-2-3(4,5)6;1-2-3;6*1-2/h3*2H2,1H3;2*2H2,1H3;2H2,1H3;6*1H3. The molecule has 0 aliphatic carbocycles. The largest absolute Gasteiger partial charge is 0.424 e. The van der Waals surface area contributed by atoms with Gasteiger partial charge in [0.05, 0.1) is 49.7 Å². The van der Waals surface area contributed by atoms with Gasteiger partial charge in [-0.1, -0.05) is 6.92 Å². The first kappa shape index (κ1) is 84.6. The molecule has 348 valence electrons. The number of hydrogen-bond donors (Lipinski definition) is 0. The summed E-state index contributed by atoms with van der Waals surface area (Å²) in [6.07, 6.45) is -16.6. The molecule has 0 bridgehead atoms. The molecule has 0 aliphatic heterocycles. The van der Waals surface area contributed by atoms with Crippen LogP contribution in [-0.4, -0.2) is 118 Å². The summed E-state index contributed by atoms with van der Waals surface area (Å²) >= 11 is 0. The van der Waals surface area contributed by atoms with Crippen molar-refractivity contribution in [3.63, 3.8) is 0 Å². The minimum atomic E-state index is -5.10. The van der Waals surface area contributed by atoms with Gasteiger partial charge in [-0.05, 0) is 20.8 Å². The number of rotatable bonds is 5. The monoisotopic (exact) mass is 892 g/mol. The molecule has 0 amide bonds. The summed E-state index contributed by atoms with van der Waals surface area (Å²) in [5.74, 6) is -15.5. The molecule has 1 atom stereocenters. The Morgan fingerprint density at radius 3 is 0.556 bits per heavy atom. The molecule has 0 aromatic heterocycles. The van der Waals surface area contributed by atoms with Crippen LogP contribution in [0.1, 0.15) is 54.4 Å². The van der Waals surface area contributed by atoms with E-state index in [-0.39, 0.29) is 27.4 Å². The Morgan fingerprint density at radius 1 is 0.352 bits per heavy atom. The lowest BCUT2D eigenvalue weighted by Crippen LogP contribution is -2.39. The van der Waals surface area contributed by atoms with Crippen LogP contribution in [0.3, 0.4) is 0 Å². The second kappa shape index (κ2) is 47.2. The highest BCUT2D eigenvalue weighted by molar-refractivity contribution is 4.80. The molecule has 0 radical (unpaired) electrons. The maximum atomic E-state index is 11.8. The summed E-state index contributed by atoms with van der Waals surface area (Å²) in [5.41, 5.74) is -3.69. The van der Waals surface area contributed by atoms with Gasteiger partial charge in [0.15, 0.2) is 13.3 Å². The average Bonchev–Trinajstić information content (AvgIpc) is 3.05. The van der Waals surface area contributed by atoms with E-state index in [1.165, 1.54) is 6.92 Å². The quantitative estimate of drug-likeness (QED) is 0.241. The number of hydrogen-bond acceptors (Lipinski definition) is 0. The van der Waals surface area contributed by atoms with Gasteiger partial charge < -0.3 is 0 Å². The van der Waals surface area contributed by atoms with Crippen molar-refractivity contribution >= 4 is 0 Å². The fourth-order valence-electron chi connectivity index (χ4n) is 0.545. The van der Waals surface area contributed by atoms with E-state index in [2.05, 4.69) is 0 Å². The third-order valence-electron chi connectivity index (χ3n) is 2.80. The fourth-order valence-corrected chi connectivity index (χ4v) is 0.545. The lowest BCUT2D eigenvalue weighted by Gasteiger charge is -2.19. The van der Waals surface area contributed by atoms with E-state index in [9.17, 15) is 123 Å². The van der Waals surface area contributed by atoms with Crippen molar-refractivity contribution in [2.45, 2.75) is 102 Å². The van der Waals surface area contributed by atoms with E-state index >= 15 is 0 Å². The van der Waals surface area contributed by atoms with E-state index in [1.807, 2.05) is 0 Å². The van der Waals surface area contributed by atoms with E-state index < -0.39 is 80.8 Å². The summed E-state index contributed by atoms with van der Waals surface area (Å²) in [6, 6.07) is 0. The molecule has 0 rings (SSSR count). The highest BCUT2D eigenvalue weighted by Gasteiger charge is 2.53. The third-order valence-corrected chi connectivity index (χ3v) is 2.80. The van der Waals surface area contributed by atoms with Crippen LogP contribution in [0.5, 0.6) is 0 Å². The van der Waals surface area contributed by atoms with Crippen LogP contribution in [0, 0.1) is 0 Å². The van der Waals surface area contributed by atoms with Gasteiger partial charge in [0.25, 0.3) is 11.8 Å². The van der Waals surface area contributed by atoms with Crippen LogP contribution >= 0.6 is 0 Å². The Balaban J connectivity index is -0.0000000376. The zero-order chi connectivity index (χ0) is 48.2. The van der Waals surface area contributed by atoms with Gasteiger partial charge >= 0.3 is 30.4 Å². The van der Waals surface area contributed by atoms with Crippen molar-refractivity contribution in [3.05, 3.63) is 0 Å². The molecule has 0 saturated carbocycles. The third kappa shape index (κ3) is 104. The Labute approximate surface area is 296 Å². The second-order valence-electron chi connectivity index (χ2n) is 7.86. The first-order valence-electron chi connectivity index (χ1n) is 12.8. The van der Waals surface area contributed by atoms with E-state index in [0.717, 1.165) is 6.92 Å². The van der Waals surface area contributed by atoms with Gasteiger partial charge in [-0.2, -0.15) is 48.3 Å². The zero-order valence-electron chi connectivity index (χ0n) is 30.8. The average molecular weight is 893 g/mol. The number of halogens is 28. The maximum Gasteiger partial charge on any atom is 0.424 e. The zero-order valence-corrected chi connectivity index (χ0v) is 30.8. The summed E-state index contributed by atoms with van der Waals surface area (Å²) in [7, 11) is 3.00. The van der Waals surface area contributed by atoms with E-state index in [4.69, 9.17) is 0 Å². The predicted octanol–water partition coefficient (Wildman–Crippen LogP) is 15.1. The molecule has 0 aromatic rings. The molecule has 0 fully saturated rings. The minimum absolute atomic E-state index is 0.0213. The summed E-state index contributed by atoms with van der Waals surface area (Å²) in [4.78, 5) is 0. The summed E-state index contributed by atoms with van der Waals surface area (Å²) in [6.45, 7) is -2.72. The number of alkyl halides is 28. The van der Waals surface area contributed by atoms with Crippen molar-refractivity contribution in [3.8, 4) is 0 Å². The lowest BCUT2D eigenvalue weighted by atomic mass is 10.1. The smallest absolute Gasteiger partial charge is 0.255 e. The Morgan fingerprint density at radius 2 is 0.556 bits per heavy atom. The molecule has 0 aliphatic rings. The lowest BCUT2D eigenvalue weighted by molar-refractivity contribution is -0.227. The van der Waals surface area contributed by atoms with Gasteiger partial charge in [0, 0.05) is 20.3 Å². The van der Waals surface area contributed by atoms with Crippen molar-refractivity contribution in [1.29, 1.82) is 0 Å². The van der Waals surface area contributed by atoms with Crippen LogP contribution in [-0.2, 0) is 0 Å². The van der Waals surface area contributed by atoms with Crippen molar-refractivity contribution in [1.82, 2.24) is 0 Å². The van der Waals surface area contributed by atoms with Gasteiger partial charge in [-0.3, -0.25) is 30.7 Å². The highest BCUT2D eigenvalue weighted by atomic mass is 19.4. The summed E-state index contributed by atoms with van der Waals surface area (Å²) in [5, 5.41) is 0.